The van der Waals surface area contributed by atoms with Crippen LogP contribution in [0.2, 0.25) is 0 Å². The Morgan fingerprint density at radius 1 is 0.405 bits per heavy atom. The fourth-order valence-corrected chi connectivity index (χ4v) is 6.69. The molecule has 6 aromatic rings. The van der Waals surface area contributed by atoms with Gasteiger partial charge >= 0.3 is 0 Å². The van der Waals surface area contributed by atoms with Gasteiger partial charge in [-0.25, -0.2) is 0 Å². The summed E-state index contributed by atoms with van der Waals surface area (Å²) in [5.41, 5.74) is 5.24. The van der Waals surface area contributed by atoms with E-state index < -0.39 is 0 Å². The minimum Gasteiger partial charge on any atom is -0.508 e. The van der Waals surface area contributed by atoms with E-state index >= 15 is 0 Å². The van der Waals surface area contributed by atoms with Crippen LogP contribution in [0.3, 0.4) is 0 Å². The number of phenols is 3. The van der Waals surface area contributed by atoms with Crippen molar-refractivity contribution in [1.82, 2.24) is 0 Å². The molecule has 0 saturated carbocycles. The quantitative estimate of drug-likeness (QED) is 0.155. The number of aromatic hydroxyl groups is 3. The van der Waals surface area contributed by atoms with Crippen LogP contribution in [0.15, 0.2) is 165 Å². The van der Waals surface area contributed by atoms with Crippen molar-refractivity contribution in [2.45, 2.75) is 25.5 Å². The summed E-state index contributed by atoms with van der Waals surface area (Å²) in [6.07, 6.45) is 0. The van der Waals surface area contributed by atoms with E-state index in [0.717, 1.165) is 47.4 Å². The molecule has 0 amide bonds. The Kier molecular flexibility index (Phi) is 8.22. The topological polar surface area (TPSA) is 60.7 Å². The highest BCUT2D eigenvalue weighted by Crippen LogP contribution is 2.42. The summed E-state index contributed by atoms with van der Waals surface area (Å²) in [6, 6.07) is 47.3. The predicted octanol–water partition coefficient (Wildman–Crippen LogP) is 9.95. The number of hydrogen-bond acceptors (Lipinski definition) is 5. The van der Waals surface area contributed by atoms with E-state index in [-0.39, 0.29) is 23.2 Å². The number of benzene rings is 6. The van der Waals surface area contributed by atoms with E-state index in [2.05, 4.69) is 66.7 Å². The van der Waals surface area contributed by atoms with Gasteiger partial charge in [0.05, 0.1) is 0 Å². The Morgan fingerprint density at radius 3 is 1.57 bits per heavy atom. The van der Waals surface area contributed by atoms with E-state index in [1.165, 1.54) is 0 Å². The molecule has 0 aromatic heterocycles. The van der Waals surface area contributed by atoms with Gasteiger partial charge in [-0.05, 0) is 101 Å². The Labute approximate surface area is 254 Å². The summed E-state index contributed by atoms with van der Waals surface area (Å²) in [4.78, 5) is 4.09. The molecule has 0 spiro atoms. The first-order chi connectivity index (χ1) is 20.5. The van der Waals surface area contributed by atoms with Crippen LogP contribution in [0.25, 0.3) is 11.1 Å². The lowest BCUT2D eigenvalue weighted by molar-refractivity contribution is 0.466. The lowest BCUT2D eigenvalue weighted by Crippen LogP contribution is -2.04. The third kappa shape index (κ3) is 6.49. The van der Waals surface area contributed by atoms with Gasteiger partial charge in [-0.1, -0.05) is 90.3 Å². The molecule has 3 nitrogen and oxygen atoms in total. The largest absolute Gasteiger partial charge is 0.508 e. The second kappa shape index (κ2) is 12.5. The van der Waals surface area contributed by atoms with E-state index in [9.17, 15) is 15.3 Å². The Bertz CT molecular complexity index is 1780. The van der Waals surface area contributed by atoms with Crippen molar-refractivity contribution in [1.29, 1.82) is 0 Å². The summed E-state index contributed by atoms with van der Waals surface area (Å²) in [5.74, 6) is 0.497. The Morgan fingerprint density at radius 2 is 0.952 bits per heavy atom. The summed E-state index contributed by atoms with van der Waals surface area (Å²) < 4.78 is 0. The maximum absolute atomic E-state index is 11.2. The number of hydrogen-bond donors (Lipinski definition) is 3. The van der Waals surface area contributed by atoms with Gasteiger partial charge in [-0.2, -0.15) is 0 Å². The molecule has 0 bridgehead atoms. The fraction of sp³-hybridized carbons (Fsp3) is 0.0270. The van der Waals surface area contributed by atoms with Crippen molar-refractivity contribution in [3.05, 3.63) is 162 Å². The van der Waals surface area contributed by atoms with Crippen molar-refractivity contribution in [2.75, 3.05) is 0 Å². The van der Waals surface area contributed by atoms with E-state index in [1.54, 1.807) is 53.9 Å². The van der Waals surface area contributed by atoms with Gasteiger partial charge in [0, 0.05) is 31.1 Å². The fourth-order valence-electron chi connectivity index (χ4n) is 4.94. The van der Waals surface area contributed by atoms with Crippen LogP contribution in [0, 0.1) is 0 Å². The zero-order valence-corrected chi connectivity index (χ0v) is 24.2. The first-order valence-electron chi connectivity index (χ1n) is 13.5. The van der Waals surface area contributed by atoms with Crippen molar-refractivity contribution >= 4 is 23.5 Å². The van der Waals surface area contributed by atoms with Gasteiger partial charge in [0.15, 0.2) is 0 Å². The highest BCUT2D eigenvalue weighted by atomic mass is 32.2. The highest BCUT2D eigenvalue weighted by Gasteiger charge is 2.22. The summed E-state index contributed by atoms with van der Waals surface area (Å²) in [7, 11) is 0. The lowest BCUT2D eigenvalue weighted by Gasteiger charge is -2.22. The molecule has 206 valence electrons. The molecule has 0 saturated heterocycles. The first-order valence-corrected chi connectivity index (χ1v) is 15.2. The molecule has 6 rings (SSSR count). The molecule has 1 unspecified atom stereocenters. The predicted molar refractivity (Wildman–Crippen MR) is 172 cm³/mol. The van der Waals surface area contributed by atoms with Crippen molar-refractivity contribution in [2.24, 2.45) is 0 Å². The standard InChI is InChI=1S/C37H28O3S2/c38-29-13-17-31(18-14-29)41-33-8-4-7-28(23-33)37(27-11-9-26(10-12-27)25-5-2-1-3-6-25)35-24-34(21-22-36(35)40)42-32-19-15-30(39)16-20-32/h1-24,37-40H. The molecular formula is C37H28O3S2. The number of rotatable bonds is 8. The molecular weight excluding hydrogens is 557 g/mol. The van der Waals surface area contributed by atoms with Gasteiger partial charge in [0.1, 0.15) is 17.2 Å². The maximum atomic E-state index is 11.2. The summed E-state index contributed by atoms with van der Waals surface area (Å²) in [5, 5.41) is 30.6. The molecule has 5 heteroatoms. The van der Waals surface area contributed by atoms with Crippen LogP contribution in [0.5, 0.6) is 17.2 Å². The third-order valence-electron chi connectivity index (χ3n) is 7.00. The monoisotopic (exact) mass is 584 g/mol. The van der Waals surface area contributed by atoms with Crippen LogP contribution < -0.4 is 0 Å². The van der Waals surface area contributed by atoms with Gasteiger partial charge < -0.3 is 15.3 Å². The average molecular weight is 585 g/mol. The van der Waals surface area contributed by atoms with Crippen LogP contribution in [-0.2, 0) is 0 Å². The van der Waals surface area contributed by atoms with Gasteiger partial charge in [0.2, 0.25) is 0 Å². The summed E-state index contributed by atoms with van der Waals surface area (Å²) in [6.45, 7) is 0. The van der Waals surface area contributed by atoms with Crippen LogP contribution in [0.1, 0.15) is 22.6 Å². The molecule has 0 aliphatic rings. The van der Waals surface area contributed by atoms with Gasteiger partial charge in [0.25, 0.3) is 0 Å². The second-order valence-electron chi connectivity index (χ2n) is 9.91. The average Bonchev–Trinajstić information content (AvgIpc) is 3.02. The van der Waals surface area contributed by atoms with Crippen molar-refractivity contribution in [3.8, 4) is 28.4 Å². The van der Waals surface area contributed by atoms with Crippen LogP contribution in [0.4, 0.5) is 0 Å². The van der Waals surface area contributed by atoms with E-state index in [4.69, 9.17) is 0 Å². The van der Waals surface area contributed by atoms with Crippen LogP contribution >= 0.6 is 23.5 Å². The zero-order chi connectivity index (χ0) is 28.9. The molecule has 0 aliphatic carbocycles. The molecule has 0 heterocycles. The second-order valence-corrected chi connectivity index (χ2v) is 12.2. The Balaban J connectivity index is 1.41. The maximum Gasteiger partial charge on any atom is 0.119 e. The van der Waals surface area contributed by atoms with E-state index in [1.807, 2.05) is 48.5 Å². The lowest BCUT2D eigenvalue weighted by atomic mass is 9.84. The van der Waals surface area contributed by atoms with Gasteiger partial charge in [-0.15, -0.1) is 0 Å². The normalized spacial score (nSPS) is 11.7. The molecule has 0 fully saturated rings. The molecule has 3 N–H and O–H groups in total. The Hall–Kier alpha value is -4.58. The number of phenolic OH excluding ortho intramolecular Hbond substituents is 3. The first kappa shape index (κ1) is 27.6. The van der Waals surface area contributed by atoms with Gasteiger partial charge in [-0.3, -0.25) is 0 Å². The molecule has 42 heavy (non-hydrogen) atoms. The van der Waals surface area contributed by atoms with E-state index in [0.29, 0.717) is 0 Å². The van der Waals surface area contributed by atoms with Crippen molar-refractivity contribution in [3.63, 3.8) is 0 Å². The molecule has 0 aliphatic heterocycles. The summed E-state index contributed by atoms with van der Waals surface area (Å²) >= 11 is 3.22. The highest BCUT2D eigenvalue weighted by molar-refractivity contribution is 7.99. The molecule has 6 aromatic carbocycles. The third-order valence-corrected chi connectivity index (χ3v) is 8.99. The minimum absolute atomic E-state index is 0.212. The molecule has 0 radical (unpaired) electrons. The van der Waals surface area contributed by atoms with Crippen molar-refractivity contribution < 1.29 is 15.3 Å². The zero-order valence-electron chi connectivity index (χ0n) is 22.6. The smallest absolute Gasteiger partial charge is 0.119 e. The SMILES string of the molecule is Oc1ccc(Sc2cccc(C(c3ccc(-c4ccccc4)cc3)c3cc(Sc4ccc(O)cc4)ccc3O)c2)cc1. The van der Waals surface area contributed by atoms with Crippen LogP contribution in [-0.4, -0.2) is 15.3 Å². The minimum atomic E-state index is -0.212. The molecule has 1 atom stereocenters.